The zero-order valence-electron chi connectivity index (χ0n) is 12.4. The Bertz CT molecular complexity index is 605. The van der Waals surface area contributed by atoms with E-state index in [2.05, 4.69) is 16.5 Å². The van der Waals surface area contributed by atoms with E-state index in [-0.39, 0.29) is 0 Å². The minimum absolute atomic E-state index is 0.344. The Morgan fingerprint density at radius 1 is 1.29 bits per heavy atom. The molecule has 0 bridgehead atoms. The van der Waals surface area contributed by atoms with Crippen LogP contribution in [0.15, 0.2) is 28.8 Å². The molecule has 21 heavy (non-hydrogen) atoms. The summed E-state index contributed by atoms with van der Waals surface area (Å²) in [5, 5.41) is 7.34. The van der Waals surface area contributed by atoms with E-state index in [1.165, 1.54) is 18.4 Å². The minimum Gasteiger partial charge on any atom is -0.493 e. The highest BCUT2D eigenvalue weighted by molar-refractivity contribution is 5.43. The Labute approximate surface area is 124 Å². The number of nitrogens with one attached hydrogen (secondary N) is 1. The third-order valence-electron chi connectivity index (χ3n) is 3.45. The quantitative estimate of drug-likeness (QED) is 0.849. The van der Waals surface area contributed by atoms with Crippen molar-refractivity contribution in [2.45, 2.75) is 39.0 Å². The number of ether oxygens (including phenoxy) is 2. The lowest BCUT2D eigenvalue weighted by Gasteiger charge is -2.11. The fourth-order valence-electron chi connectivity index (χ4n) is 2.13. The van der Waals surface area contributed by atoms with Crippen molar-refractivity contribution in [3.05, 3.63) is 41.3 Å². The molecule has 0 aliphatic heterocycles. The molecule has 0 atom stereocenters. The average Bonchev–Trinajstić information content (AvgIpc) is 3.24. The van der Waals surface area contributed by atoms with E-state index in [0.717, 1.165) is 23.7 Å². The molecule has 1 N–H and O–H groups in total. The van der Waals surface area contributed by atoms with Crippen LogP contribution < -0.4 is 14.8 Å². The third kappa shape index (κ3) is 3.76. The first-order valence-corrected chi connectivity index (χ1v) is 7.20. The van der Waals surface area contributed by atoms with Crippen LogP contribution in [-0.4, -0.2) is 18.3 Å². The van der Waals surface area contributed by atoms with Crippen LogP contribution in [0.5, 0.6) is 11.5 Å². The van der Waals surface area contributed by atoms with E-state index in [9.17, 15) is 0 Å². The number of benzene rings is 1. The third-order valence-corrected chi connectivity index (χ3v) is 3.45. The molecule has 0 saturated heterocycles. The molecule has 1 aromatic carbocycles. The van der Waals surface area contributed by atoms with Crippen molar-refractivity contribution in [2.75, 3.05) is 7.11 Å². The first kappa shape index (κ1) is 13.9. The van der Waals surface area contributed by atoms with Gasteiger partial charge in [0.25, 0.3) is 0 Å². The zero-order chi connectivity index (χ0) is 14.7. The molecule has 1 aromatic heterocycles. The molecule has 0 radical (unpaired) electrons. The van der Waals surface area contributed by atoms with Crippen LogP contribution >= 0.6 is 0 Å². The lowest BCUT2D eigenvalue weighted by Crippen LogP contribution is -2.15. The second-order valence-electron chi connectivity index (χ2n) is 5.36. The van der Waals surface area contributed by atoms with E-state index in [1.54, 1.807) is 7.11 Å². The Balaban J connectivity index is 1.66. The van der Waals surface area contributed by atoms with E-state index >= 15 is 0 Å². The molecular formula is C16H20N2O3. The highest BCUT2D eigenvalue weighted by Gasteiger charge is 2.20. The summed E-state index contributed by atoms with van der Waals surface area (Å²) in [6.07, 6.45) is 2.56. The van der Waals surface area contributed by atoms with Gasteiger partial charge in [0.15, 0.2) is 17.3 Å². The molecule has 5 heteroatoms. The number of aromatic nitrogens is 1. The number of hydrogen-bond acceptors (Lipinski definition) is 5. The van der Waals surface area contributed by atoms with E-state index < -0.39 is 0 Å². The summed E-state index contributed by atoms with van der Waals surface area (Å²) >= 11 is 0. The highest BCUT2D eigenvalue weighted by Crippen LogP contribution is 2.29. The second kappa shape index (κ2) is 6.18. The maximum absolute atomic E-state index is 5.80. The Hall–Kier alpha value is -2.01. The Morgan fingerprint density at radius 3 is 2.81 bits per heavy atom. The molecule has 3 rings (SSSR count). The van der Waals surface area contributed by atoms with Crippen molar-refractivity contribution in [3.8, 4) is 11.5 Å². The first-order valence-electron chi connectivity index (χ1n) is 7.20. The van der Waals surface area contributed by atoms with Gasteiger partial charge in [0.05, 0.1) is 12.8 Å². The molecule has 1 aliphatic carbocycles. The van der Waals surface area contributed by atoms with E-state index in [1.807, 2.05) is 25.1 Å². The van der Waals surface area contributed by atoms with Crippen molar-refractivity contribution in [1.82, 2.24) is 10.5 Å². The van der Waals surface area contributed by atoms with Crippen LogP contribution in [0.3, 0.4) is 0 Å². The monoisotopic (exact) mass is 288 g/mol. The van der Waals surface area contributed by atoms with Crippen LogP contribution in [0, 0.1) is 6.92 Å². The van der Waals surface area contributed by atoms with Crippen LogP contribution in [0.4, 0.5) is 0 Å². The van der Waals surface area contributed by atoms with Gasteiger partial charge >= 0.3 is 0 Å². The molecule has 112 valence electrons. The summed E-state index contributed by atoms with van der Waals surface area (Å²) in [4.78, 5) is 0. The van der Waals surface area contributed by atoms with Gasteiger partial charge in [-0.3, -0.25) is 0 Å². The summed E-state index contributed by atoms with van der Waals surface area (Å²) < 4.78 is 16.3. The smallest absolute Gasteiger partial charge is 0.174 e. The van der Waals surface area contributed by atoms with Crippen LogP contribution in [0.2, 0.25) is 0 Å². The summed E-state index contributed by atoms with van der Waals surface area (Å²) in [5.41, 5.74) is 2.04. The standard InChI is InChI=1S/C16H20N2O3/c1-11-7-14(21-18-11)10-20-16-8-12(3-6-15(16)19-2)9-17-13-4-5-13/h3,6-8,13,17H,4-5,9-10H2,1-2H3. The molecular weight excluding hydrogens is 268 g/mol. The summed E-state index contributed by atoms with van der Waals surface area (Å²) in [5.74, 6) is 2.15. The van der Waals surface area contributed by atoms with Gasteiger partial charge in [0.1, 0.15) is 6.61 Å². The lowest BCUT2D eigenvalue weighted by atomic mass is 10.2. The highest BCUT2D eigenvalue weighted by atomic mass is 16.5. The Morgan fingerprint density at radius 2 is 2.14 bits per heavy atom. The SMILES string of the molecule is COc1ccc(CNC2CC2)cc1OCc1cc(C)no1. The second-order valence-corrected chi connectivity index (χ2v) is 5.36. The Kier molecular flexibility index (Phi) is 4.10. The number of nitrogens with zero attached hydrogens (tertiary/aromatic N) is 1. The minimum atomic E-state index is 0.344. The van der Waals surface area contributed by atoms with E-state index in [4.69, 9.17) is 14.0 Å². The average molecular weight is 288 g/mol. The van der Waals surface area contributed by atoms with Crippen LogP contribution in [0.25, 0.3) is 0 Å². The molecule has 0 amide bonds. The summed E-state index contributed by atoms with van der Waals surface area (Å²) in [7, 11) is 1.64. The molecule has 0 unspecified atom stereocenters. The van der Waals surface area contributed by atoms with Gasteiger partial charge in [-0.2, -0.15) is 0 Å². The fourth-order valence-corrected chi connectivity index (χ4v) is 2.13. The van der Waals surface area contributed by atoms with Gasteiger partial charge in [-0.25, -0.2) is 0 Å². The topological polar surface area (TPSA) is 56.5 Å². The van der Waals surface area contributed by atoms with Gasteiger partial charge in [-0.1, -0.05) is 11.2 Å². The largest absolute Gasteiger partial charge is 0.493 e. The number of methoxy groups -OCH3 is 1. The van der Waals surface area contributed by atoms with Crippen molar-refractivity contribution in [3.63, 3.8) is 0 Å². The predicted octanol–water partition coefficient (Wildman–Crippen LogP) is 2.82. The zero-order valence-corrected chi connectivity index (χ0v) is 12.4. The molecule has 1 fully saturated rings. The maximum Gasteiger partial charge on any atom is 0.174 e. The normalized spacial score (nSPS) is 14.2. The maximum atomic E-state index is 5.80. The molecule has 1 aliphatic rings. The predicted molar refractivity (Wildman–Crippen MR) is 78.4 cm³/mol. The number of hydrogen-bond donors (Lipinski definition) is 1. The lowest BCUT2D eigenvalue weighted by molar-refractivity contribution is 0.238. The summed E-state index contributed by atoms with van der Waals surface area (Å²) in [6.45, 7) is 3.08. The van der Waals surface area contributed by atoms with Gasteiger partial charge in [0.2, 0.25) is 0 Å². The number of aryl methyl sites for hydroxylation is 1. The van der Waals surface area contributed by atoms with Crippen molar-refractivity contribution in [1.29, 1.82) is 0 Å². The van der Waals surface area contributed by atoms with Crippen LogP contribution in [0.1, 0.15) is 29.9 Å². The van der Waals surface area contributed by atoms with Gasteiger partial charge in [-0.15, -0.1) is 0 Å². The fraction of sp³-hybridized carbons (Fsp3) is 0.438. The van der Waals surface area contributed by atoms with Crippen molar-refractivity contribution >= 4 is 0 Å². The number of rotatable bonds is 7. The van der Waals surface area contributed by atoms with Gasteiger partial charge in [0, 0.05) is 18.7 Å². The first-order chi connectivity index (χ1) is 10.2. The van der Waals surface area contributed by atoms with Gasteiger partial charge < -0.3 is 19.3 Å². The molecule has 2 aromatic rings. The molecule has 1 saturated carbocycles. The van der Waals surface area contributed by atoms with Crippen molar-refractivity contribution in [2.24, 2.45) is 0 Å². The molecule has 1 heterocycles. The molecule has 5 nitrogen and oxygen atoms in total. The molecule has 0 spiro atoms. The van der Waals surface area contributed by atoms with Crippen LogP contribution in [-0.2, 0) is 13.2 Å². The van der Waals surface area contributed by atoms with Gasteiger partial charge in [-0.05, 0) is 37.5 Å². The van der Waals surface area contributed by atoms with E-state index in [0.29, 0.717) is 18.4 Å². The summed E-state index contributed by atoms with van der Waals surface area (Å²) in [6, 6.07) is 8.56. The van der Waals surface area contributed by atoms with Crippen molar-refractivity contribution < 1.29 is 14.0 Å².